The summed E-state index contributed by atoms with van der Waals surface area (Å²) in [5, 5.41) is 0.772. The van der Waals surface area contributed by atoms with Crippen LogP contribution in [0.5, 0.6) is 0 Å². The second-order valence-electron chi connectivity index (χ2n) is 6.61. The van der Waals surface area contributed by atoms with E-state index in [2.05, 4.69) is 14.7 Å². The Labute approximate surface area is 167 Å². The van der Waals surface area contributed by atoms with Crippen LogP contribution in [0.25, 0.3) is 27.8 Å². The molecule has 142 valence electrons. The quantitative estimate of drug-likeness (QED) is 0.487. The summed E-state index contributed by atoms with van der Waals surface area (Å²) in [5.74, 6) is 0. The molecule has 29 heavy (non-hydrogen) atoms. The lowest BCUT2D eigenvalue weighted by Crippen LogP contribution is -2.13. The van der Waals surface area contributed by atoms with E-state index in [1.165, 1.54) is 0 Å². The number of nitrogens with one attached hydrogen (secondary N) is 1. The fourth-order valence-corrected chi connectivity index (χ4v) is 4.55. The minimum atomic E-state index is -3.80. The maximum absolute atomic E-state index is 13.0. The standard InChI is InChI=1S/C22H16N4O2S/c27-29(28,20-10-4-6-16-8-5-12-23-22(16)20)25-18-9-3-7-17(14-18)19-15-26-13-2-1-11-21(26)24-19/h1-15,25H. The summed E-state index contributed by atoms with van der Waals surface area (Å²) in [5.41, 5.74) is 3.33. The van der Waals surface area contributed by atoms with Crippen LogP contribution < -0.4 is 4.72 Å². The van der Waals surface area contributed by atoms with Crippen LogP contribution in [0.1, 0.15) is 0 Å². The molecule has 0 radical (unpaired) electrons. The van der Waals surface area contributed by atoms with Gasteiger partial charge in [-0.3, -0.25) is 9.71 Å². The Morgan fingerprint density at radius 1 is 0.897 bits per heavy atom. The first-order chi connectivity index (χ1) is 14.1. The van der Waals surface area contributed by atoms with Crippen molar-refractivity contribution in [3.05, 3.63) is 91.4 Å². The molecule has 5 aromatic rings. The van der Waals surface area contributed by atoms with Crippen molar-refractivity contribution in [2.75, 3.05) is 4.72 Å². The number of imidazole rings is 1. The molecule has 0 bridgehead atoms. The highest BCUT2D eigenvalue weighted by atomic mass is 32.2. The zero-order valence-corrected chi connectivity index (χ0v) is 16.0. The van der Waals surface area contributed by atoms with Crippen molar-refractivity contribution in [2.45, 2.75) is 4.90 Å². The molecule has 0 fully saturated rings. The Kier molecular flexibility index (Phi) is 4.03. The van der Waals surface area contributed by atoms with Gasteiger partial charge in [0.05, 0.1) is 11.2 Å². The van der Waals surface area contributed by atoms with Gasteiger partial charge in [-0.1, -0.05) is 36.4 Å². The highest BCUT2D eigenvalue weighted by Gasteiger charge is 2.18. The number of hydrogen-bond donors (Lipinski definition) is 1. The first-order valence-corrected chi connectivity index (χ1v) is 10.5. The number of sulfonamides is 1. The smallest absolute Gasteiger partial charge is 0.264 e. The van der Waals surface area contributed by atoms with Crippen LogP contribution in [0.4, 0.5) is 5.69 Å². The van der Waals surface area contributed by atoms with Gasteiger partial charge in [0.15, 0.2) is 0 Å². The molecule has 0 atom stereocenters. The van der Waals surface area contributed by atoms with E-state index in [9.17, 15) is 8.42 Å². The molecular weight excluding hydrogens is 384 g/mol. The topological polar surface area (TPSA) is 76.4 Å². The van der Waals surface area contributed by atoms with E-state index >= 15 is 0 Å². The monoisotopic (exact) mass is 400 g/mol. The molecule has 0 saturated heterocycles. The van der Waals surface area contributed by atoms with Crippen LogP contribution in [-0.2, 0) is 10.0 Å². The summed E-state index contributed by atoms with van der Waals surface area (Å²) in [6.07, 6.45) is 5.43. The van der Waals surface area contributed by atoms with Gasteiger partial charge < -0.3 is 4.40 Å². The first-order valence-electron chi connectivity index (χ1n) is 9.01. The fraction of sp³-hybridized carbons (Fsp3) is 0. The van der Waals surface area contributed by atoms with Gasteiger partial charge in [0.25, 0.3) is 10.0 Å². The molecule has 6 nitrogen and oxygen atoms in total. The molecule has 0 aliphatic heterocycles. The molecule has 0 amide bonds. The van der Waals surface area contributed by atoms with Crippen LogP contribution in [0.3, 0.4) is 0 Å². The Morgan fingerprint density at radius 3 is 2.66 bits per heavy atom. The van der Waals surface area contributed by atoms with Crippen LogP contribution in [-0.4, -0.2) is 22.8 Å². The predicted molar refractivity (Wildman–Crippen MR) is 113 cm³/mol. The normalized spacial score (nSPS) is 11.7. The van der Waals surface area contributed by atoms with Gasteiger partial charge in [-0.05, 0) is 36.4 Å². The number of benzene rings is 2. The highest BCUT2D eigenvalue weighted by Crippen LogP contribution is 2.26. The van der Waals surface area contributed by atoms with Crippen molar-refractivity contribution in [1.29, 1.82) is 0 Å². The van der Waals surface area contributed by atoms with E-state index in [1.807, 2.05) is 53.2 Å². The summed E-state index contributed by atoms with van der Waals surface area (Å²) >= 11 is 0. The van der Waals surface area contributed by atoms with E-state index in [0.29, 0.717) is 11.2 Å². The van der Waals surface area contributed by atoms with E-state index in [-0.39, 0.29) is 4.90 Å². The number of aromatic nitrogens is 3. The number of nitrogens with zero attached hydrogens (tertiary/aromatic N) is 3. The molecule has 0 aliphatic carbocycles. The summed E-state index contributed by atoms with van der Waals surface area (Å²) in [6.45, 7) is 0. The zero-order chi connectivity index (χ0) is 19.8. The fourth-order valence-electron chi connectivity index (χ4n) is 3.32. The van der Waals surface area contributed by atoms with Crippen molar-refractivity contribution < 1.29 is 8.42 Å². The maximum Gasteiger partial charge on any atom is 0.264 e. The zero-order valence-electron chi connectivity index (χ0n) is 15.2. The van der Waals surface area contributed by atoms with Crippen molar-refractivity contribution in [2.24, 2.45) is 0 Å². The van der Waals surface area contributed by atoms with Gasteiger partial charge in [-0.15, -0.1) is 0 Å². The van der Waals surface area contributed by atoms with Gasteiger partial charge in [0, 0.05) is 35.2 Å². The molecule has 0 unspecified atom stereocenters. The van der Waals surface area contributed by atoms with E-state index in [4.69, 9.17) is 0 Å². The Hall–Kier alpha value is -3.71. The van der Waals surface area contributed by atoms with Crippen molar-refractivity contribution in [1.82, 2.24) is 14.4 Å². The lowest BCUT2D eigenvalue weighted by molar-refractivity contribution is 0.602. The Balaban J connectivity index is 1.52. The van der Waals surface area contributed by atoms with E-state index < -0.39 is 10.0 Å². The number of pyridine rings is 2. The third-order valence-electron chi connectivity index (χ3n) is 4.66. The van der Waals surface area contributed by atoms with Gasteiger partial charge >= 0.3 is 0 Å². The molecule has 3 heterocycles. The lowest BCUT2D eigenvalue weighted by atomic mass is 10.1. The molecule has 0 saturated carbocycles. The van der Waals surface area contributed by atoms with Gasteiger partial charge in [0.1, 0.15) is 10.5 Å². The molecule has 2 aromatic carbocycles. The first kappa shape index (κ1) is 17.4. The van der Waals surface area contributed by atoms with Gasteiger partial charge in [0.2, 0.25) is 0 Å². The molecule has 0 aliphatic rings. The summed E-state index contributed by atoms with van der Waals surface area (Å²) in [4.78, 5) is 8.99. The van der Waals surface area contributed by atoms with Gasteiger partial charge in [-0.2, -0.15) is 0 Å². The lowest BCUT2D eigenvalue weighted by Gasteiger charge is -2.10. The average Bonchev–Trinajstić information content (AvgIpc) is 3.17. The van der Waals surface area contributed by atoms with Crippen molar-refractivity contribution >= 4 is 32.3 Å². The third-order valence-corrected chi connectivity index (χ3v) is 6.07. The Morgan fingerprint density at radius 2 is 1.76 bits per heavy atom. The van der Waals surface area contributed by atoms with Crippen LogP contribution in [0.2, 0.25) is 0 Å². The molecule has 5 rings (SSSR count). The third kappa shape index (κ3) is 3.21. The number of para-hydroxylation sites is 1. The molecular formula is C22H16N4O2S. The highest BCUT2D eigenvalue weighted by molar-refractivity contribution is 7.93. The Bertz CT molecular complexity index is 1420. The van der Waals surface area contributed by atoms with Crippen LogP contribution in [0.15, 0.2) is 96.3 Å². The molecule has 0 spiro atoms. The number of anilines is 1. The predicted octanol–water partition coefficient (Wildman–Crippen LogP) is 4.35. The molecule has 7 heteroatoms. The average molecular weight is 400 g/mol. The summed E-state index contributed by atoms with van der Waals surface area (Å²) < 4.78 is 30.7. The molecule has 3 aromatic heterocycles. The van der Waals surface area contributed by atoms with Crippen molar-refractivity contribution in [3.8, 4) is 11.3 Å². The van der Waals surface area contributed by atoms with E-state index in [0.717, 1.165) is 22.3 Å². The SMILES string of the molecule is O=S(=O)(Nc1cccc(-c2cn3ccccc3n2)c1)c1cccc2cccnc12. The summed E-state index contributed by atoms with van der Waals surface area (Å²) in [6, 6.07) is 21.7. The maximum atomic E-state index is 13.0. The second-order valence-corrected chi connectivity index (χ2v) is 8.26. The van der Waals surface area contributed by atoms with E-state index in [1.54, 1.807) is 42.6 Å². The summed E-state index contributed by atoms with van der Waals surface area (Å²) in [7, 11) is -3.80. The minimum absolute atomic E-state index is 0.147. The number of hydrogen-bond acceptors (Lipinski definition) is 4. The number of rotatable bonds is 4. The molecule has 1 N–H and O–H groups in total. The van der Waals surface area contributed by atoms with Crippen LogP contribution in [0, 0.1) is 0 Å². The van der Waals surface area contributed by atoms with Crippen molar-refractivity contribution in [3.63, 3.8) is 0 Å². The second kappa shape index (κ2) is 6.72. The largest absolute Gasteiger partial charge is 0.306 e. The number of fused-ring (bicyclic) bond motifs is 2. The van der Waals surface area contributed by atoms with Gasteiger partial charge in [-0.25, -0.2) is 13.4 Å². The van der Waals surface area contributed by atoms with Crippen LogP contribution >= 0.6 is 0 Å². The minimum Gasteiger partial charge on any atom is -0.306 e.